The minimum absolute atomic E-state index is 0. The van der Waals surface area contributed by atoms with Gasteiger partial charge in [-0.05, 0) is 0 Å². The zero-order valence-corrected chi connectivity index (χ0v) is 6.10. The summed E-state index contributed by atoms with van der Waals surface area (Å²) in [6.07, 6.45) is -0.143. The minimum Gasteiger partial charge on any atom is -0.480 e. The lowest BCUT2D eigenvalue weighted by Crippen LogP contribution is -2.60. The summed E-state index contributed by atoms with van der Waals surface area (Å²) in [5, 5.41) is 17.1. The highest BCUT2D eigenvalue weighted by Crippen LogP contribution is 2.29. The molecule has 0 saturated heterocycles. The summed E-state index contributed by atoms with van der Waals surface area (Å²) in [7, 11) is 0. The van der Waals surface area contributed by atoms with Gasteiger partial charge < -0.3 is 15.9 Å². The SMILES string of the molecule is Cl.NC1(C(=O)O)CC(O)C1. The van der Waals surface area contributed by atoms with Gasteiger partial charge in [-0.3, -0.25) is 4.79 Å². The first-order valence-corrected chi connectivity index (χ1v) is 2.75. The number of rotatable bonds is 1. The van der Waals surface area contributed by atoms with E-state index in [1.54, 1.807) is 0 Å². The number of carboxylic acids is 1. The number of aliphatic hydroxyl groups excluding tert-OH is 1. The molecule has 1 fully saturated rings. The number of aliphatic carboxylic acids is 1. The number of carbonyl (C=O) groups is 1. The highest BCUT2D eigenvalue weighted by Gasteiger charge is 2.46. The van der Waals surface area contributed by atoms with E-state index >= 15 is 0 Å². The van der Waals surface area contributed by atoms with Crippen molar-refractivity contribution in [1.29, 1.82) is 0 Å². The normalized spacial score (nSPS) is 37.6. The van der Waals surface area contributed by atoms with Crippen molar-refractivity contribution >= 4 is 18.4 Å². The number of hydrogen-bond acceptors (Lipinski definition) is 3. The van der Waals surface area contributed by atoms with Crippen molar-refractivity contribution in [1.82, 2.24) is 0 Å². The molecule has 1 aliphatic rings. The number of hydrogen-bond donors (Lipinski definition) is 3. The molecule has 10 heavy (non-hydrogen) atoms. The molecule has 60 valence electrons. The van der Waals surface area contributed by atoms with Crippen LogP contribution in [-0.4, -0.2) is 27.8 Å². The number of nitrogens with two attached hydrogens (primary N) is 1. The van der Waals surface area contributed by atoms with E-state index in [4.69, 9.17) is 15.9 Å². The summed E-state index contributed by atoms with van der Waals surface area (Å²) in [6, 6.07) is 0. The van der Waals surface area contributed by atoms with Gasteiger partial charge in [-0.15, -0.1) is 12.4 Å². The van der Waals surface area contributed by atoms with Gasteiger partial charge in [0.2, 0.25) is 0 Å². The Bertz CT molecular complexity index is 144. The minimum atomic E-state index is -1.14. The largest absolute Gasteiger partial charge is 0.480 e. The van der Waals surface area contributed by atoms with E-state index in [1.807, 2.05) is 0 Å². The Labute approximate surface area is 64.4 Å². The van der Waals surface area contributed by atoms with Crippen LogP contribution in [0.2, 0.25) is 0 Å². The van der Waals surface area contributed by atoms with Crippen molar-refractivity contribution in [3.63, 3.8) is 0 Å². The smallest absolute Gasteiger partial charge is 0.323 e. The van der Waals surface area contributed by atoms with Crippen molar-refractivity contribution < 1.29 is 15.0 Å². The first-order chi connectivity index (χ1) is 4.04. The number of aliphatic hydroxyl groups is 1. The monoisotopic (exact) mass is 167 g/mol. The molecule has 0 unspecified atom stereocenters. The average molecular weight is 168 g/mol. The first kappa shape index (κ1) is 9.68. The van der Waals surface area contributed by atoms with Gasteiger partial charge in [0, 0.05) is 12.8 Å². The van der Waals surface area contributed by atoms with Gasteiger partial charge in [-0.1, -0.05) is 0 Å². The summed E-state index contributed by atoms with van der Waals surface area (Å²) in [5.41, 5.74) is 4.14. The zero-order chi connectivity index (χ0) is 7.07. The maximum atomic E-state index is 10.2. The third kappa shape index (κ3) is 1.39. The summed E-state index contributed by atoms with van der Waals surface area (Å²) in [6.45, 7) is 0. The zero-order valence-electron chi connectivity index (χ0n) is 5.28. The molecule has 0 atom stereocenters. The lowest BCUT2D eigenvalue weighted by molar-refractivity contribution is -0.151. The predicted octanol–water partition coefficient (Wildman–Crippen LogP) is -0.655. The lowest BCUT2D eigenvalue weighted by atomic mass is 9.75. The molecule has 1 aliphatic carbocycles. The number of halogens is 1. The second kappa shape index (κ2) is 2.74. The van der Waals surface area contributed by atoms with Crippen LogP contribution < -0.4 is 5.73 Å². The van der Waals surface area contributed by atoms with Crippen LogP contribution in [0, 0.1) is 0 Å². The highest BCUT2D eigenvalue weighted by atomic mass is 35.5. The third-order valence-corrected chi connectivity index (χ3v) is 1.63. The molecule has 0 radical (unpaired) electrons. The fourth-order valence-corrected chi connectivity index (χ4v) is 0.956. The van der Waals surface area contributed by atoms with E-state index < -0.39 is 17.6 Å². The summed E-state index contributed by atoms with van der Waals surface area (Å²) in [4.78, 5) is 10.2. The van der Waals surface area contributed by atoms with Crippen LogP contribution in [0.1, 0.15) is 12.8 Å². The Kier molecular flexibility index (Phi) is 2.65. The van der Waals surface area contributed by atoms with Gasteiger partial charge in [0.25, 0.3) is 0 Å². The van der Waals surface area contributed by atoms with Crippen LogP contribution in [0.3, 0.4) is 0 Å². The molecule has 0 bridgehead atoms. The molecular formula is C5H10ClNO3. The van der Waals surface area contributed by atoms with Crippen LogP contribution in [0.5, 0.6) is 0 Å². The van der Waals surface area contributed by atoms with Crippen LogP contribution in [0.15, 0.2) is 0 Å². The Morgan fingerprint density at radius 1 is 1.60 bits per heavy atom. The maximum Gasteiger partial charge on any atom is 0.323 e. The van der Waals surface area contributed by atoms with Crippen LogP contribution >= 0.6 is 12.4 Å². The van der Waals surface area contributed by atoms with E-state index in [2.05, 4.69) is 0 Å². The molecule has 4 N–H and O–H groups in total. The molecule has 0 aromatic carbocycles. The van der Waals surface area contributed by atoms with Crippen molar-refractivity contribution in [2.75, 3.05) is 0 Å². The Morgan fingerprint density at radius 2 is 2.00 bits per heavy atom. The van der Waals surface area contributed by atoms with Crippen LogP contribution in [-0.2, 0) is 4.79 Å². The van der Waals surface area contributed by atoms with E-state index in [0.29, 0.717) is 0 Å². The van der Waals surface area contributed by atoms with Crippen LogP contribution in [0.25, 0.3) is 0 Å². The molecule has 4 nitrogen and oxygen atoms in total. The summed E-state index contributed by atoms with van der Waals surface area (Å²) < 4.78 is 0. The fraction of sp³-hybridized carbons (Fsp3) is 0.800. The molecule has 0 heterocycles. The number of carboxylic acid groups (broad SMARTS) is 1. The van der Waals surface area contributed by atoms with E-state index in [1.165, 1.54) is 0 Å². The van der Waals surface area contributed by atoms with Gasteiger partial charge in [-0.2, -0.15) is 0 Å². The van der Waals surface area contributed by atoms with E-state index in [9.17, 15) is 4.79 Å². The Morgan fingerprint density at radius 3 is 2.10 bits per heavy atom. The quantitative estimate of drug-likeness (QED) is 0.485. The van der Waals surface area contributed by atoms with Crippen molar-refractivity contribution in [2.45, 2.75) is 24.5 Å². The Balaban J connectivity index is 0.000000810. The molecule has 0 spiro atoms. The highest BCUT2D eigenvalue weighted by molar-refractivity contribution is 5.85. The van der Waals surface area contributed by atoms with Gasteiger partial charge in [0.1, 0.15) is 5.54 Å². The standard InChI is InChI=1S/C5H9NO3.ClH/c6-5(4(8)9)1-3(7)2-5;/h3,7H,1-2,6H2,(H,8,9);1H. The van der Waals surface area contributed by atoms with Gasteiger partial charge >= 0.3 is 5.97 Å². The maximum absolute atomic E-state index is 10.2. The lowest BCUT2D eigenvalue weighted by Gasteiger charge is -2.37. The molecule has 5 heteroatoms. The first-order valence-electron chi connectivity index (χ1n) is 2.75. The topological polar surface area (TPSA) is 83.6 Å². The second-order valence-corrected chi connectivity index (χ2v) is 2.52. The molecule has 1 saturated carbocycles. The summed E-state index contributed by atoms with van der Waals surface area (Å²) in [5.74, 6) is -1.02. The van der Waals surface area contributed by atoms with Crippen molar-refractivity contribution in [2.24, 2.45) is 5.73 Å². The molecule has 0 aliphatic heterocycles. The van der Waals surface area contributed by atoms with Crippen LogP contribution in [0.4, 0.5) is 0 Å². The molecular weight excluding hydrogens is 158 g/mol. The molecule has 0 aromatic heterocycles. The van der Waals surface area contributed by atoms with Gasteiger partial charge in [0.05, 0.1) is 6.10 Å². The molecule has 0 amide bonds. The third-order valence-electron chi connectivity index (χ3n) is 1.63. The average Bonchev–Trinajstić information content (AvgIpc) is 1.62. The van der Waals surface area contributed by atoms with Gasteiger partial charge in [0.15, 0.2) is 0 Å². The van der Waals surface area contributed by atoms with Crippen molar-refractivity contribution in [3.8, 4) is 0 Å². The van der Waals surface area contributed by atoms with Gasteiger partial charge in [-0.25, -0.2) is 0 Å². The fourth-order valence-electron chi connectivity index (χ4n) is 0.956. The predicted molar refractivity (Wildman–Crippen MR) is 37.0 cm³/mol. The van der Waals surface area contributed by atoms with Crippen molar-refractivity contribution in [3.05, 3.63) is 0 Å². The second-order valence-electron chi connectivity index (χ2n) is 2.52. The molecule has 0 aromatic rings. The molecule has 1 rings (SSSR count). The Hall–Kier alpha value is -0.320. The summed E-state index contributed by atoms with van der Waals surface area (Å²) >= 11 is 0. The van der Waals surface area contributed by atoms with E-state index in [-0.39, 0.29) is 25.2 Å². The van der Waals surface area contributed by atoms with E-state index in [0.717, 1.165) is 0 Å².